The Kier molecular flexibility index (Phi) is 10.6. The van der Waals surface area contributed by atoms with Crippen LogP contribution in [0, 0.1) is 13.8 Å². The summed E-state index contributed by atoms with van der Waals surface area (Å²) in [7, 11) is 0. The molecule has 346 valence electrons. The van der Waals surface area contributed by atoms with Gasteiger partial charge in [0.25, 0.3) is 0 Å². The fraction of sp³-hybridized carbons (Fsp3) is 0.182. The molecule has 0 spiro atoms. The van der Waals surface area contributed by atoms with Gasteiger partial charge in [-0.1, -0.05) is 176 Å². The van der Waals surface area contributed by atoms with Crippen molar-refractivity contribution in [1.82, 2.24) is 14.5 Å². The van der Waals surface area contributed by atoms with E-state index in [1.165, 1.54) is 0 Å². The normalized spacial score (nSPS) is 13.3. The first-order valence-corrected chi connectivity index (χ1v) is 24.0. The number of benzene rings is 8. The van der Waals surface area contributed by atoms with Crippen LogP contribution in [0.5, 0.6) is 5.75 Å². The Morgan fingerprint density at radius 3 is 1.73 bits per heavy atom. The Bertz CT molecular complexity index is 3730. The minimum atomic E-state index is -2.60. The van der Waals surface area contributed by atoms with E-state index in [4.69, 9.17) is 16.8 Å². The van der Waals surface area contributed by atoms with Gasteiger partial charge in [-0.2, -0.15) is 0 Å². The predicted octanol–water partition coefficient (Wildman–Crippen LogP) is 18.0. The van der Waals surface area contributed by atoms with Crippen LogP contribution in [-0.2, 0) is 5.41 Å². The molecule has 1 N–H and O–H groups in total. The Labute approximate surface area is 421 Å². The lowest BCUT2D eigenvalue weighted by molar-refractivity contribution is 0.471. The molecule has 10 aromatic rings. The third-order valence-corrected chi connectivity index (χ3v) is 13.5. The number of nitrogens with zero attached hydrogens (tertiary/aromatic N) is 3. The largest absolute Gasteiger partial charge is 0.507 e. The van der Waals surface area contributed by atoms with Crippen LogP contribution in [0.2, 0.25) is 0 Å². The van der Waals surface area contributed by atoms with E-state index < -0.39 is 18.6 Å². The third kappa shape index (κ3) is 8.98. The number of imidazole rings is 1. The molecule has 0 radical (unpaired) electrons. The van der Waals surface area contributed by atoms with Crippen LogP contribution < -0.4 is 0 Å². The van der Waals surface area contributed by atoms with Crippen LogP contribution in [0.3, 0.4) is 0 Å². The Balaban J connectivity index is 1.20. The van der Waals surface area contributed by atoms with Crippen LogP contribution in [0.4, 0.5) is 0 Å². The zero-order valence-electron chi connectivity index (χ0n) is 46.2. The van der Waals surface area contributed by atoms with Crippen LogP contribution in [0.25, 0.3) is 95.0 Å². The Morgan fingerprint density at radius 1 is 0.514 bits per heavy atom. The minimum absolute atomic E-state index is 0.0579. The topological polar surface area (TPSA) is 50.9 Å². The molecule has 8 aromatic carbocycles. The molecule has 0 saturated heterocycles. The molecule has 0 fully saturated rings. The minimum Gasteiger partial charge on any atom is -0.507 e. The number of para-hydroxylation sites is 1. The molecule has 0 aliphatic rings. The fourth-order valence-electron chi connectivity index (χ4n) is 9.40. The zero-order chi connectivity index (χ0) is 53.2. The highest BCUT2D eigenvalue weighted by atomic mass is 16.3. The van der Waals surface area contributed by atoms with Crippen molar-refractivity contribution >= 4 is 11.0 Å². The molecule has 2 heterocycles. The molecule has 0 amide bonds. The van der Waals surface area contributed by atoms with Crippen molar-refractivity contribution in [3.05, 3.63) is 216 Å². The van der Waals surface area contributed by atoms with Crippen molar-refractivity contribution < 1.29 is 12.0 Å². The van der Waals surface area contributed by atoms with Gasteiger partial charge < -0.3 is 5.11 Å². The van der Waals surface area contributed by atoms with E-state index >= 15 is 0 Å². The number of phenols is 1. The number of hydrogen-bond donors (Lipinski definition) is 1. The van der Waals surface area contributed by atoms with Gasteiger partial charge in [-0.05, 0) is 163 Å². The summed E-state index contributed by atoms with van der Waals surface area (Å²) in [5.41, 5.74) is 16.3. The molecule has 2 aromatic heterocycles. The van der Waals surface area contributed by atoms with Crippen molar-refractivity contribution in [3.63, 3.8) is 0 Å². The second-order valence-corrected chi connectivity index (χ2v) is 20.0. The number of hydrogen-bond acceptors (Lipinski definition) is 3. The summed E-state index contributed by atoms with van der Waals surface area (Å²) in [6, 6.07) is 61.0. The maximum Gasteiger partial charge on any atom is 0.149 e. The van der Waals surface area contributed by atoms with Gasteiger partial charge in [0.05, 0.1) is 28.0 Å². The van der Waals surface area contributed by atoms with E-state index in [0.29, 0.717) is 39.2 Å². The highest BCUT2D eigenvalue weighted by Gasteiger charge is 2.25. The summed E-state index contributed by atoms with van der Waals surface area (Å²) in [6.07, 6.45) is 1.86. The summed E-state index contributed by atoms with van der Waals surface area (Å²) < 4.78 is 47.1. The highest BCUT2D eigenvalue weighted by Crippen LogP contribution is 2.43. The number of pyridine rings is 1. The molecule has 0 bridgehead atoms. The van der Waals surface area contributed by atoms with Crippen molar-refractivity contribution in [2.45, 2.75) is 79.4 Å². The molecule has 0 aliphatic carbocycles. The number of aromatic nitrogens is 3. The molecular formula is C66H61N3O. The Morgan fingerprint density at radius 2 is 1.09 bits per heavy atom. The van der Waals surface area contributed by atoms with Crippen LogP contribution in [0.1, 0.15) is 94.9 Å². The molecule has 4 heteroatoms. The van der Waals surface area contributed by atoms with Crippen LogP contribution >= 0.6 is 0 Å². The quantitative estimate of drug-likeness (QED) is 0.149. The summed E-state index contributed by atoms with van der Waals surface area (Å²) >= 11 is 0. The average Bonchev–Trinajstić information content (AvgIpc) is 3.78. The van der Waals surface area contributed by atoms with Gasteiger partial charge in [0.15, 0.2) is 0 Å². The summed E-state index contributed by atoms with van der Waals surface area (Å²) in [5.74, 6) is -1.48. The van der Waals surface area contributed by atoms with E-state index in [0.717, 1.165) is 78.0 Å². The van der Waals surface area contributed by atoms with Crippen molar-refractivity contribution in [2.24, 2.45) is 0 Å². The molecule has 0 atom stereocenters. The summed E-state index contributed by atoms with van der Waals surface area (Å²) in [6.45, 7) is 12.9. The van der Waals surface area contributed by atoms with Gasteiger partial charge in [0.1, 0.15) is 11.6 Å². The Hall–Kier alpha value is -7.82. The van der Waals surface area contributed by atoms with Gasteiger partial charge >= 0.3 is 0 Å². The molecule has 0 aliphatic heterocycles. The highest BCUT2D eigenvalue weighted by molar-refractivity contribution is 5.98. The lowest BCUT2D eigenvalue weighted by Crippen LogP contribution is -2.12. The van der Waals surface area contributed by atoms with E-state index in [2.05, 4.69) is 93.6 Å². The maximum atomic E-state index is 12.1. The van der Waals surface area contributed by atoms with Crippen molar-refractivity contribution in [3.8, 4) is 89.7 Å². The van der Waals surface area contributed by atoms with Crippen LogP contribution in [0.15, 0.2) is 188 Å². The molecule has 0 saturated carbocycles. The molecule has 10 rings (SSSR count). The fourth-order valence-corrected chi connectivity index (χ4v) is 9.40. The van der Waals surface area contributed by atoms with E-state index in [-0.39, 0.29) is 16.7 Å². The lowest BCUT2D eigenvalue weighted by Gasteiger charge is -2.22. The van der Waals surface area contributed by atoms with Gasteiger partial charge in [0.2, 0.25) is 0 Å². The van der Waals surface area contributed by atoms with E-state index in [9.17, 15) is 5.11 Å². The summed E-state index contributed by atoms with van der Waals surface area (Å²) in [5, 5.41) is 12.1. The lowest BCUT2D eigenvalue weighted by atomic mass is 9.84. The number of rotatable bonds is 10. The number of phenolic OH excluding ortho intramolecular Hbond substituents is 1. The summed E-state index contributed by atoms with van der Waals surface area (Å²) in [4.78, 5) is 10.4. The van der Waals surface area contributed by atoms with Crippen molar-refractivity contribution in [1.29, 1.82) is 0 Å². The predicted molar refractivity (Wildman–Crippen MR) is 295 cm³/mol. The molecule has 0 unspecified atom stereocenters. The number of aromatic hydroxyl groups is 1. The molecule has 4 nitrogen and oxygen atoms in total. The first-order valence-electron chi connectivity index (χ1n) is 26.5. The van der Waals surface area contributed by atoms with Crippen LogP contribution in [-0.4, -0.2) is 19.6 Å². The van der Waals surface area contributed by atoms with Gasteiger partial charge in [-0.15, -0.1) is 0 Å². The number of aryl methyl sites for hydroxylation is 2. The third-order valence-electron chi connectivity index (χ3n) is 13.5. The van der Waals surface area contributed by atoms with Crippen molar-refractivity contribution in [2.75, 3.05) is 0 Å². The zero-order valence-corrected chi connectivity index (χ0v) is 41.2. The van der Waals surface area contributed by atoms with E-state index in [1.807, 2.05) is 149 Å². The second kappa shape index (κ2) is 18.6. The first-order chi connectivity index (χ1) is 35.5. The van der Waals surface area contributed by atoms with Gasteiger partial charge in [-0.3, -0.25) is 9.55 Å². The average molecular weight is 917 g/mol. The molecule has 70 heavy (non-hydrogen) atoms. The van der Waals surface area contributed by atoms with E-state index in [1.54, 1.807) is 6.07 Å². The SMILES string of the molecule is [2H]C([2H])([2H])c1cc(-c2cc(C([2H])(C)C)cc(C([2H])(C)C)c2)ccc1-n1c(-c2cc(C(C)(C)C)cc(C)c2O)nc2c(-c3cc(-c4ccccc4)cc(-c4cc(-c5ccc(-c6ccccc6)cc5)ccn4)c3)cccc21. The molecular weight excluding hydrogens is 851 g/mol. The number of fused-ring (bicyclic) bond motifs is 1. The second-order valence-electron chi connectivity index (χ2n) is 20.0. The van der Waals surface area contributed by atoms with Gasteiger partial charge in [-0.25, -0.2) is 4.98 Å². The monoisotopic (exact) mass is 917 g/mol. The maximum absolute atomic E-state index is 12.1. The van der Waals surface area contributed by atoms with Gasteiger partial charge in [0, 0.05) is 24.2 Å². The standard InChI is InChI=1S/C66H61N3O/c1-41(2)51-33-52(42(3)4)35-54(34-51)49-27-28-61(43(5)31-49)69-62-22-16-21-58(63(62)68-65(69)59-40-57(66(7,8)9)32-44(6)64(59)70)55-36-53(46-19-14-11-15-20-46)37-56(38-55)60-39-50(29-30-67-60)48-25-23-47(24-26-48)45-17-12-10-13-18-45/h10-42,70H,1-9H3/i5D3,41D,42D. The smallest absolute Gasteiger partial charge is 0.149 e. The first kappa shape index (κ1) is 40.1.